The third kappa shape index (κ3) is 3.26. The summed E-state index contributed by atoms with van der Waals surface area (Å²) in [6.07, 6.45) is 3.88. The Kier molecular flexibility index (Phi) is 4.56. The molecular formula is C17H16O3. The van der Waals surface area contributed by atoms with Crippen LogP contribution in [-0.2, 0) is 0 Å². The van der Waals surface area contributed by atoms with Crippen LogP contribution < -0.4 is 9.47 Å². The van der Waals surface area contributed by atoms with Crippen molar-refractivity contribution < 1.29 is 14.3 Å². The Labute approximate surface area is 118 Å². The minimum absolute atomic E-state index is 0.400. The van der Waals surface area contributed by atoms with Gasteiger partial charge in [0.2, 0.25) is 0 Å². The van der Waals surface area contributed by atoms with Crippen LogP contribution >= 0.6 is 0 Å². The van der Waals surface area contributed by atoms with Gasteiger partial charge in [0.05, 0.1) is 12.7 Å². The summed E-state index contributed by atoms with van der Waals surface area (Å²) in [5.74, 6) is 0.544. The fourth-order valence-corrected chi connectivity index (χ4v) is 1.80. The molecule has 0 fully saturated rings. The van der Waals surface area contributed by atoms with E-state index in [-0.39, 0.29) is 0 Å². The van der Waals surface area contributed by atoms with Gasteiger partial charge in [-0.3, -0.25) is 0 Å². The van der Waals surface area contributed by atoms with E-state index in [9.17, 15) is 4.79 Å². The highest BCUT2D eigenvalue weighted by Crippen LogP contribution is 2.29. The number of methoxy groups -OCH3 is 1. The van der Waals surface area contributed by atoms with E-state index in [0.29, 0.717) is 17.1 Å². The molecule has 0 radical (unpaired) electrons. The quantitative estimate of drug-likeness (QED) is 0.622. The zero-order valence-corrected chi connectivity index (χ0v) is 11.5. The average molecular weight is 268 g/mol. The van der Waals surface area contributed by atoms with Gasteiger partial charge in [0, 0.05) is 0 Å². The van der Waals surface area contributed by atoms with Gasteiger partial charge in [0.25, 0.3) is 0 Å². The first-order valence-corrected chi connectivity index (χ1v) is 6.32. The summed E-state index contributed by atoms with van der Waals surface area (Å²) in [5, 5.41) is 0. The van der Waals surface area contributed by atoms with Crippen LogP contribution in [0.5, 0.6) is 11.5 Å². The van der Waals surface area contributed by atoms with Crippen molar-refractivity contribution in [3.05, 3.63) is 65.7 Å². The van der Waals surface area contributed by atoms with Gasteiger partial charge in [-0.05, 0) is 36.8 Å². The molecule has 0 aliphatic heterocycles. The van der Waals surface area contributed by atoms with Crippen LogP contribution in [0.4, 0.5) is 0 Å². The zero-order valence-electron chi connectivity index (χ0n) is 11.5. The molecule has 2 aromatic carbocycles. The summed E-state index contributed by atoms with van der Waals surface area (Å²) >= 11 is 0. The van der Waals surface area contributed by atoms with E-state index in [1.165, 1.54) is 0 Å². The standard InChI is InChI=1S/C17H16O3/c1-3-7-13-10-11-15(16(12-13)19-2)20-17(18)14-8-5-4-6-9-14/h3-12H,1-2H3. The summed E-state index contributed by atoms with van der Waals surface area (Å²) in [4.78, 5) is 12.0. The first-order valence-electron chi connectivity index (χ1n) is 6.32. The van der Waals surface area contributed by atoms with Crippen molar-refractivity contribution in [3.8, 4) is 11.5 Å². The number of hydrogen-bond donors (Lipinski definition) is 0. The molecule has 0 saturated carbocycles. The second-order valence-corrected chi connectivity index (χ2v) is 4.17. The topological polar surface area (TPSA) is 35.5 Å². The molecule has 0 amide bonds. The molecule has 102 valence electrons. The Balaban J connectivity index is 2.23. The number of carbonyl (C=O) groups is 1. The van der Waals surface area contributed by atoms with Crippen LogP contribution in [0.3, 0.4) is 0 Å². The number of rotatable bonds is 4. The molecule has 2 rings (SSSR count). The van der Waals surface area contributed by atoms with Gasteiger partial charge in [-0.15, -0.1) is 0 Å². The third-order valence-corrected chi connectivity index (χ3v) is 2.76. The van der Waals surface area contributed by atoms with Crippen LogP contribution in [0.15, 0.2) is 54.6 Å². The van der Waals surface area contributed by atoms with E-state index in [0.717, 1.165) is 5.56 Å². The van der Waals surface area contributed by atoms with Crippen molar-refractivity contribution in [2.24, 2.45) is 0 Å². The van der Waals surface area contributed by atoms with E-state index in [2.05, 4.69) is 0 Å². The van der Waals surface area contributed by atoms with Gasteiger partial charge < -0.3 is 9.47 Å². The van der Waals surface area contributed by atoms with E-state index in [1.54, 1.807) is 37.4 Å². The lowest BCUT2D eigenvalue weighted by Crippen LogP contribution is -2.09. The molecule has 3 nitrogen and oxygen atoms in total. The van der Waals surface area contributed by atoms with Gasteiger partial charge in [-0.25, -0.2) is 4.79 Å². The Hall–Kier alpha value is -2.55. The molecule has 0 unspecified atom stereocenters. The van der Waals surface area contributed by atoms with Crippen molar-refractivity contribution in [1.29, 1.82) is 0 Å². The summed E-state index contributed by atoms with van der Waals surface area (Å²) in [6.45, 7) is 1.94. The van der Waals surface area contributed by atoms with Gasteiger partial charge in [-0.1, -0.05) is 36.4 Å². The first kappa shape index (κ1) is 13.9. The highest BCUT2D eigenvalue weighted by atomic mass is 16.6. The molecule has 2 aromatic rings. The number of esters is 1. The largest absolute Gasteiger partial charge is 0.493 e. The van der Waals surface area contributed by atoms with Crippen LogP contribution in [0, 0.1) is 0 Å². The lowest BCUT2D eigenvalue weighted by Gasteiger charge is -2.10. The van der Waals surface area contributed by atoms with Gasteiger partial charge in [0.1, 0.15) is 0 Å². The lowest BCUT2D eigenvalue weighted by atomic mass is 10.2. The summed E-state index contributed by atoms with van der Waals surface area (Å²) in [6, 6.07) is 14.3. The van der Waals surface area contributed by atoms with Crippen LogP contribution in [0.25, 0.3) is 6.08 Å². The molecule has 0 aromatic heterocycles. The lowest BCUT2D eigenvalue weighted by molar-refractivity contribution is 0.0729. The normalized spacial score (nSPS) is 10.5. The SMILES string of the molecule is CC=Cc1ccc(OC(=O)c2ccccc2)c(OC)c1. The number of hydrogen-bond acceptors (Lipinski definition) is 3. The number of benzene rings is 2. The minimum atomic E-state index is -0.400. The Morgan fingerprint density at radius 1 is 1.05 bits per heavy atom. The molecule has 0 atom stereocenters. The molecule has 0 aliphatic carbocycles. The Morgan fingerprint density at radius 2 is 1.80 bits per heavy atom. The molecule has 0 bridgehead atoms. The summed E-state index contributed by atoms with van der Waals surface area (Å²) in [7, 11) is 1.55. The van der Waals surface area contributed by atoms with Crippen molar-refractivity contribution >= 4 is 12.0 Å². The zero-order chi connectivity index (χ0) is 14.4. The van der Waals surface area contributed by atoms with Crippen LogP contribution in [-0.4, -0.2) is 13.1 Å². The predicted octanol–water partition coefficient (Wildman–Crippen LogP) is 3.95. The van der Waals surface area contributed by atoms with Crippen LogP contribution in [0.2, 0.25) is 0 Å². The molecular weight excluding hydrogens is 252 g/mol. The maximum Gasteiger partial charge on any atom is 0.343 e. The Morgan fingerprint density at radius 3 is 2.45 bits per heavy atom. The molecule has 0 saturated heterocycles. The number of allylic oxidation sites excluding steroid dienone is 1. The summed E-state index contributed by atoms with van der Waals surface area (Å²) in [5.41, 5.74) is 1.50. The van der Waals surface area contributed by atoms with Crippen molar-refractivity contribution in [3.63, 3.8) is 0 Å². The van der Waals surface area contributed by atoms with Gasteiger partial charge in [0.15, 0.2) is 11.5 Å². The highest BCUT2D eigenvalue weighted by molar-refractivity contribution is 5.91. The van der Waals surface area contributed by atoms with E-state index in [4.69, 9.17) is 9.47 Å². The fourth-order valence-electron chi connectivity index (χ4n) is 1.80. The molecule has 0 spiro atoms. The number of ether oxygens (including phenoxy) is 2. The molecule has 0 aliphatic rings. The highest BCUT2D eigenvalue weighted by Gasteiger charge is 2.12. The van der Waals surface area contributed by atoms with Crippen molar-refractivity contribution in [2.45, 2.75) is 6.92 Å². The van der Waals surface area contributed by atoms with Crippen LogP contribution in [0.1, 0.15) is 22.8 Å². The monoisotopic (exact) mass is 268 g/mol. The second kappa shape index (κ2) is 6.57. The third-order valence-electron chi connectivity index (χ3n) is 2.76. The minimum Gasteiger partial charge on any atom is -0.493 e. The average Bonchev–Trinajstić information content (AvgIpc) is 2.50. The molecule has 0 N–H and O–H groups in total. The van der Waals surface area contributed by atoms with E-state index in [1.807, 2.05) is 37.3 Å². The Bertz CT molecular complexity index is 615. The molecule has 0 heterocycles. The number of carbonyl (C=O) groups excluding carboxylic acids is 1. The molecule has 3 heteroatoms. The predicted molar refractivity (Wildman–Crippen MR) is 79.1 cm³/mol. The smallest absolute Gasteiger partial charge is 0.343 e. The maximum atomic E-state index is 12.0. The van der Waals surface area contributed by atoms with E-state index < -0.39 is 5.97 Å². The second-order valence-electron chi connectivity index (χ2n) is 4.17. The fraction of sp³-hybridized carbons (Fsp3) is 0.118. The summed E-state index contributed by atoms with van der Waals surface area (Å²) < 4.78 is 10.6. The molecule has 20 heavy (non-hydrogen) atoms. The van der Waals surface area contributed by atoms with Crippen molar-refractivity contribution in [2.75, 3.05) is 7.11 Å². The first-order chi connectivity index (χ1) is 9.74. The van der Waals surface area contributed by atoms with Crippen molar-refractivity contribution in [1.82, 2.24) is 0 Å². The van der Waals surface area contributed by atoms with Gasteiger partial charge in [-0.2, -0.15) is 0 Å². The van der Waals surface area contributed by atoms with Gasteiger partial charge >= 0.3 is 5.97 Å². The van der Waals surface area contributed by atoms with E-state index >= 15 is 0 Å². The maximum absolute atomic E-state index is 12.0.